The number of hydrogen-bond donors (Lipinski definition) is 1. The zero-order valence-corrected chi connectivity index (χ0v) is 21.3. The van der Waals surface area contributed by atoms with E-state index in [2.05, 4.69) is 20.9 Å². The zero-order valence-electron chi connectivity index (χ0n) is 21.3. The molecule has 3 fully saturated rings. The summed E-state index contributed by atoms with van der Waals surface area (Å²) in [5.41, 5.74) is 1.46. The molecule has 0 spiro atoms. The fourth-order valence-corrected chi connectivity index (χ4v) is 6.47. The second-order valence-electron chi connectivity index (χ2n) is 10.7. The fourth-order valence-electron chi connectivity index (χ4n) is 6.47. The van der Waals surface area contributed by atoms with Gasteiger partial charge < -0.3 is 14.6 Å². The Balaban J connectivity index is 1.28. The van der Waals surface area contributed by atoms with Crippen molar-refractivity contribution in [3.8, 4) is 0 Å². The van der Waals surface area contributed by atoms with Gasteiger partial charge in [0.25, 0.3) is 5.91 Å². The SMILES string of the molecule is O=C(c1cccc(C(F)(F)F)c1)N1C[C@H]2CC[C@H](N3CCOCC3)CN2C[C@H]1Cc1c[nH]c2ccccc12. The lowest BCUT2D eigenvalue weighted by Crippen LogP contribution is -2.65. The number of amides is 1. The number of aromatic amines is 1. The monoisotopic (exact) mass is 526 g/mol. The van der Waals surface area contributed by atoms with Crippen molar-refractivity contribution in [3.63, 3.8) is 0 Å². The number of alkyl halides is 3. The Morgan fingerprint density at radius 1 is 0.947 bits per heavy atom. The first-order chi connectivity index (χ1) is 18.4. The van der Waals surface area contributed by atoms with Gasteiger partial charge >= 0.3 is 6.18 Å². The van der Waals surface area contributed by atoms with Crippen molar-refractivity contribution < 1.29 is 22.7 Å². The Hall–Kier alpha value is -2.88. The molecule has 202 valence electrons. The van der Waals surface area contributed by atoms with Crippen molar-refractivity contribution >= 4 is 16.8 Å². The Morgan fingerprint density at radius 2 is 1.71 bits per heavy atom. The molecule has 1 aromatic heterocycles. The molecule has 0 aliphatic carbocycles. The van der Waals surface area contributed by atoms with Crippen LogP contribution in [0, 0.1) is 0 Å². The van der Waals surface area contributed by atoms with Crippen molar-refractivity contribution in [2.24, 2.45) is 0 Å². The zero-order chi connectivity index (χ0) is 26.3. The summed E-state index contributed by atoms with van der Waals surface area (Å²) in [4.78, 5) is 24.0. The number of hydrogen-bond acceptors (Lipinski definition) is 4. The molecule has 1 amide bonds. The van der Waals surface area contributed by atoms with Gasteiger partial charge in [-0.2, -0.15) is 13.2 Å². The van der Waals surface area contributed by atoms with E-state index in [1.54, 1.807) is 0 Å². The van der Waals surface area contributed by atoms with E-state index in [4.69, 9.17) is 4.74 Å². The third-order valence-electron chi connectivity index (χ3n) is 8.48. The first-order valence-electron chi connectivity index (χ1n) is 13.5. The lowest BCUT2D eigenvalue weighted by molar-refractivity contribution is -0.137. The first-order valence-corrected chi connectivity index (χ1v) is 13.5. The minimum Gasteiger partial charge on any atom is -0.379 e. The van der Waals surface area contributed by atoms with Gasteiger partial charge in [0, 0.05) is 73.5 Å². The van der Waals surface area contributed by atoms with Gasteiger partial charge in [-0.3, -0.25) is 14.6 Å². The van der Waals surface area contributed by atoms with Crippen LogP contribution in [0.3, 0.4) is 0 Å². The molecule has 0 bridgehead atoms. The van der Waals surface area contributed by atoms with Gasteiger partial charge in [0.05, 0.1) is 18.8 Å². The van der Waals surface area contributed by atoms with Crippen molar-refractivity contribution in [3.05, 3.63) is 71.4 Å². The predicted molar refractivity (Wildman–Crippen MR) is 139 cm³/mol. The minimum absolute atomic E-state index is 0.0965. The van der Waals surface area contributed by atoms with E-state index in [1.807, 2.05) is 29.3 Å². The highest BCUT2D eigenvalue weighted by Crippen LogP contribution is 2.33. The van der Waals surface area contributed by atoms with Gasteiger partial charge in [-0.05, 0) is 49.1 Å². The quantitative estimate of drug-likeness (QED) is 0.547. The molecular weight excluding hydrogens is 493 g/mol. The van der Waals surface area contributed by atoms with Crippen molar-refractivity contribution in [1.82, 2.24) is 19.7 Å². The van der Waals surface area contributed by atoms with E-state index in [-0.39, 0.29) is 23.6 Å². The summed E-state index contributed by atoms with van der Waals surface area (Å²) in [5, 5.41) is 1.12. The van der Waals surface area contributed by atoms with Crippen LogP contribution in [0.1, 0.15) is 34.3 Å². The van der Waals surface area contributed by atoms with Gasteiger partial charge in [-0.25, -0.2) is 0 Å². The van der Waals surface area contributed by atoms with E-state index in [0.717, 1.165) is 74.3 Å². The maximum absolute atomic E-state index is 13.8. The number of fused-ring (bicyclic) bond motifs is 2. The van der Waals surface area contributed by atoms with Crippen molar-refractivity contribution in [2.75, 3.05) is 45.9 Å². The van der Waals surface area contributed by atoms with Crippen LogP contribution in [0.15, 0.2) is 54.7 Å². The van der Waals surface area contributed by atoms with Crippen LogP contribution >= 0.6 is 0 Å². The summed E-state index contributed by atoms with van der Waals surface area (Å²) >= 11 is 0. The molecule has 0 radical (unpaired) electrons. The molecule has 4 heterocycles. The van der Waals surface area contributed by atoms with Crippen LogP contribution in [0.4, 0.5) is 13.2 Å². The second kappa shape index (κ2) is 10.4. The van der Waals surface area contributed by atoms with E-state index in [9.17, 15) is 18.0 Å². The maximum atomic E-state index is 13.8. The third kappa shape index (κ3) is 5.07. The molecule has 3 atom stereocenters. The molecule has 0 unspecified atom stereocenters. The number of carbonyl (C=O) groups excluding carboxylic acids is 1. The molecule has 3 aliphatic rings. The molecule has 3 aromatic rings. The smallest absolute Gasteiger partial charge is 0.379 e. The molecule has 9 heteroatoms. The molecule has 3 aliphatic heterocycles. The van der Waals surface area contributed by atoms with Crippen molar-refractivity contribution in [1.29, 1.82) is 0 Å². The summed E-state index contributed by atoms with van der Waals surface area (Å²) in [5.74, 6) is -0.323. The largest absolute Gasteiger partial charge is 0.416 e. The molecule has 3 saturated heterocycles. The number of piperidine rings is 1. The molecule has 0 saturated carbocycles. The number of aromatic nitrogens is 1. The lowest BCUT2D eigenvalue weighted by Gasteiger charge is -2.52. The van der Waals surface area contributed by atoms with Crippen LogP contribution in [-0.2, 0) is 17.3 Å². The number of carbonyl (C=O) groups is 1. The first kappa shape index (κ1) is 25.4. The van der Waals surface area contributed by atoms with E-state index >= 15 is 0 Å². The number of nitrogens with one attached hydrogen (secondary N) is 1. The van der Waals surface area contributed by atoms with E-state index in [1.165, 1.54) is 12.1 Å². The lowest BCUT2D eigenvalue weighted by atomic mass is 9.90. The number of H-pyrrole nitrogens is 1. The molecule has 38 heavy (non-hydrogen) atoms. The number of benzene rings is 2. The number of ether oxygens (including phenoxy) is 1. The number of para-hydroxylation sites is 1. The van der Waals surface area contributed by atoms with Crippen molar-refractivity contribution in [2.45, 2.75) is 43.6 Å². The van der Waals surface area contributed by atoms with Gasteiger partial charge in [0.1, 0.15) is 0 Å². The summed E-state index contributed by atoms with van der Waals surface area (Å²) < 4.78 is 45.8. The Kier molecular flexibility index (Phi) is 6.92. The Labute approximate surface area is 220 Å². The highest BCUT2D eigenvalue weighted by atomic mass is 19.4. The highest BCUT2D eigenvalue weighted by molar-refractivity contribution is 5.95. The topological polar surface area (TPSA) is 51.8 Å². The van der Waals surface area contributed by atoms with Gasteiger partial charge in [-0.15, -0.1) is 0 Å². The minimum atomic E-state index is -4.49. The number of morpholine rings is 1. The van der Waals surface area contributed by atoms with Gasteiger partial charge in [-0.1, -0.05) is 24.3 Å². The number of rotatable bonds is 4. The molecular formula is C29H33F3N4O2. The Bertz CT molecular complexity index is 1290. The van der Waals surface area contributed by atoms with Crippen LogP contribution in [0.2, 0.25) is 0 Å². The summed E-state index contributed by atoms with van der Waals surface area (Å²) in [6, 6.07) is 13.5. The number of nitrogens with zero attached hydrogens (tertiary/aromatic N) is 3. The van der Waals surface area contributed by atoms with E-state index in [0.29, 0.717) is 25.6 Å². The van der Waals surface area contributed by atoms with Crippen LogP contribution in [0.5, 0.6) is 0 Å². The average molecular weight is 527 g/mol. The maximum Gasteiger partial charge on any atom is 0.416 e. The molecule has 1 N–H and O–H groups in total. The molecule has 6 rings (SSSR count). The molecule has 6 nitrogen and oxygen atoms in total. The van der Waals surface area contributed by atoms with Crippen LogP contribution < -0.4 is 0 Å². The summed E-state index contributed by atoms with van der Waals surface area (Å²) in [6.45, 7) is 5.60. The number of piperazine rings is 1. The molecule has 2 aromatic carbocycles. The average Bonchev–Trinajstić information content (AvgIpc) is 3.35. The number of halogens is 3. The van der Waals surface area contributed by atoms with Crippen LogP contribution in [-0.4, -0.2) is 89.7 Å². The summed E-state index contributed by atoms with van der Waals surface area (Å²) in [7, 11) is 0. The van der Waals surface area contributed by atoms with E-state index < -0.39 is 11.7 Å². The normalized spacial score (nSPS) is 25.4. The van der Waals surface area contributed by atoms with Gasteiger partial charge in [0.2, 0.25) is 0 Å². The highest BCUT2D eigenvalue weighted by Gasteiger charge is 2.41. The third-order valence-corrected chi connectivity index (χ3v) is 8.48. The Morgan fingerprint density at radius 3 is 2.50 bits per heavy atom. The fraction of sp³-hybridized carbons (Fsp3) is 0.483. The van der Waals surface area contributed by atoms with Gasteiger partial charge in [0.15, 0.2) is 0 Å². The predicted octanol–water partition coefficient (Wildman–Crippen LogP) is 4.42. The summed E-state index contributed by atoms with van der Waals surface area (Å²) in [6.07, 6.45) is 0.168. The second-order valence-corrected chi connectivity index (χ2v) is 10.7. The van der Waals surface area contributed by atoms with Crippen LogP contribution in [0.25, 0.3) is 10.9 Å². The standard InChI is InChI=1S/C29H33F3N4O2/c30-29(31,32)22-5-3-4-20(14-22)28(37)36-19-24-9-8-23(34-10-12-38-13-11-34)17-35(24)18-25(36)15-21-16-33-27-7-2-1-6-26(21)27/h1-7,14,16,23-25,33H,8-13,15,17-19H2/t23-,24+,25+/m0/s1.